The molecule has 3 aromatic rings. The number of carbonyl (C=O) groups excluding carboxylic acids is 1. The summed E-state index contributed by atoms with van der Waals surface area (Å²) in [5, 5.41) is 0. The maximum absolute atomic E-state index is 13.0. The summed E-state index contributed by atoms with van der Waals surface area (Å²) in [6, 6.07) is 15.1. The zero-order valence-electron chi connectivity index (χ0n) is 19.6. The van der Waals surface area contributed by atoms with E-state index in [0.29, 0.717) is 31.4 Å². The summed E-state index contributed by atoms with van der Waals surface area (Å²) in [5.41, 5.74) is 2.60. The van der Waals surface area contributed by atoms with E-state index in [-0.39, 0.29) is 16.8 Å². The summed E-state index contributed by atoms with van der Waals surface area (Å²) in [5.74, 6) is 0.818. The summed E-state index contributed by atoms with van der Waals surface area (Å²) >= 11 is 0. The van der Waals surface area contributed by atoms with Crippen molar-refractivity contribution in [3.63, 3.8) is 0 Å². The minimum Gasteiger partial charge on any atom is -0.339 e. The Labute approximate surface area is 196 Å². The van der Waals surface area contributed by atoms with E-state index in [1.807, 2.05) is 62.0 Å². The Balaban J connectivity index is 1.48. The van der Waals surface area contributed by atoms with Crippen molar-refractivity contribution in [2.75, 3.05) is 20.1 Å². The van der Waals surface area contributed by atoms with Gasteiger partial charge in [-0.05, 0) is 43.5 Å². The fraction of sp³-hybridized carbons (Fsp3) is 0.440. The van der Waals surface area contributed by atoms with Crippen LogP contribution in [0.25, 0.3) is 11.0 Å². The number of amides is 1. The van der Waals surface area contributed by atoms with E-state index >= 15 is 0 Å². The van der Waals surface area contributed by atoms with Crippen LogP contribution in [0, 0.1) is 0 Å². The largest absolute Gasteiger partial charge is 0.339 e. The number of aryl methyl sites for hydroxylation is 2. The number of fused-ring (bicyclic) bond motifs is 1. The van der Waals surface area contributed by atoms with Gasteiger partial charge in [-0.15, -0.1) is 0 Å². The van der Waals surface area contributed by atoms with E-state index in [4.69, 9.17) is 0 Å². The zero-order valence-corrected chi connectivity index (χ0v) is 20.4. The second-order valence-electron chi connectivity index (χ2n) is 8.79. The van der Waals surface area contributed by atoms with Crippen molar-refractivity contribution in [3.8, 4) is 0 Å². The van der Waals surface area contributed by atoms with Gasteiger partial charge in [-0.2, -0.15) is 4.31 Å². The highest BCUT2D eigenvalue weighted by molar-refractivity contribution is 7.89. The highest BCUT2D eigenvalue weighted by Gasteiger charge is 2.26. The van der Waals surface area contributed by atoms with Crippen LogP contribution in [0.5, 0.6) is 0 Å². The summed E-state index contributed by atoms with van der Waals surface area (Å²) in [7, 11) is 0.226. The van der Waals surface area contributed by atoms with Crippen LogP contribution in [0.2, 0.25) is 0 Å². The Bertz CT molecular complexity index is 1230. The highest BCUT2D eigenvalue weighted by Crippen LogP contribution is 2.25. The van der Waals surface area contributed by atoms with Gasteiger partial charge in [0.05, 0.1) is 22.0 Å². The second kappa shape index (κ2) is 9.65. The van der Waals surface area contributed by atoms with Crippen LogP contribution >= 0.6 is 0 Å². The lowest BCUT2D eigenvalue weighted by molar-refractivity contribution is -0.131. The Morgan fingerprint density at radius 3 is 2.48 bits per heavy atom. The van der Waals surface area contributed by atoms with E-state index in [0.717, 1.165) is 36.2 Å². The molecule has 1 atom stereocenters. The minimum atomic E-state index is -3.51. The van der Waals surface area contributed by atoms with E-state index in [1.54, 1.807) is 21.3 Å². The lowest BCUT2D eigenvalue weighted by Crippen LogP contribution is -2.35. The van der Waals surface area contributed by atoms with Crippen molar-refractivity contribution in [2.24, 2.45) is 7.05 Å². The Morgan fingerprint density at radius 2 is 1.79 bits per heavy atom. The molecule has 0 bridgehead atoms. The molecule has 2 heterocycles. The van der Waals surface area contributed by atoms with Crippen LogP contribution in [-0.2, 0) is 28.3 Å². The SMILES string of the molecule is CC(c1ccccc1)N(C)C(=O)CCc1nc2cc(S(=O)(=O)N3CCCCC3)ccc2n1C. The van der Waals surface area contributed by atoms with Crippen LogP contribution in [0.3, 0.4) is 0 Å². The molecule has 4 rings (SSSR count). The first-order valence-electron chi connectivity index (χ1n) is 11.5. The van der Waals surface area contributed by atoms with E-state index in [2.05, 4.69) is 4.98 Å². The quantitative estimate of drug-likeness (QED) is 0.527. The average Bonchev–Trinajstić information content (AvgIpc) is 3.17. The molecule has 1 fully saturated rings. The molecule has 7 nitrogen and oxygen atoms in total. The molecule has 1 aliphatic heterocycles. The predicted octanol–water partition coefficient (Wildman–Crippen LogP) is 3.90. The lowest BCUT2D eigenvalue weighted by atomic mass is 10.1. The Hall–Kier alpha value is -2.71. The molecular weight excluding hydrogens is 436 g/mol. The number of sulfonamides is 1. The van der Waals surface area contributed by atoms with Gasteiger partial charge in [-0.25, -0.2) is 13.4 Å². The molecule has 1 unspecified atom stereocenters. The molecule has 8 heteroatoms. The Kier molecular flexibility index (Phi) is 6.86. The van der Waals surface area contributed by atoms with Gasteiger partial charge in [0, 0.05) is 40.0 Å². The molecule has 176 valence electrons. The van der Waals surface area contributed by atoms with Crippen LogP contribution in [0.1, 0.15) is 50.0 Å². The molecule has 0 N–H and O–H groups in total. The van der Waals surface area contributed by atoms with Gasteiger partial charge in [0.25, 0.3) is 0 Å². The summed E-state index contributed by atoms with van der Waals surface area (Å²) in [6.45, 7) is 3.17. The fourth-order valence-electron chi connectivity index (χ4n) is 4.43. The standard InChI is InChI=1S/C25H32N4O3S/c1-19(20-10-6-4-7-11-20)27(2)25(30)15-14-24-26-22-18-21(12-13-23(22)28(24)3)33(31,32)29-16-8-5-9-17-29/h4,6-7,10-13,18-19H,5,8-9,14-17H2,1-3H3. The van der Waals surface area contributed by atoms with Crippen LogP contribution in [-0.4, -0.2) is 53.2 Å². The molecule has 1 aliphatic rings. The molecule has 1 saturated heterocycles. The first-order valence-corrected chi connectivity index (χ1v) is 13.0. The monoisotopic (exact) mass is 468 g/mol. The van der Waals surface area contributed by atoms with Crippen molar-refractivity contribution in [1.29, 1.82) is 0 Å². The number of imidazole rings is 1. The number of piperidine rings is 1. The van der Waals surface area contributed by atoms with E-state index in [1.165, 1.54) is 0 Å². The molecular formula is C25H32N4O3S. The summed E-state index contributed by atoms with van der Waals surface area (Å²) in [6.07, 6.45) is 3.71. The van der Waals surface area contributed by atoms with Gasteiger partial charge in [0.15, 0.2) is 0 Å². The zero-order chi connectivity index (χ0) is 23.6. The minimum absolute atomic E-state index is 0.0123. The van der Waals surface area contributed by atoms with Gasteiger partial charge in [-0.1, -0.05) is 36.8 Å². The van der Waals surface area contributed by atoms with E-state index in [9.17, 15) is 13.2 Å². The van der Waals surface area contributed by atoms with Crippen molar-refractivity contribution < 1.29 is 13.2 Å². The third-order valence-corrected chi connectivity index (χ3v) is 8.61. The number of nitrogens with zero attached hydrogens (tertiary/aromatic N) is 4. The number of aromatic nitrogens is 2. The molecule has 0 aliphatic carbocycles. The first-order chi connectivity index (χ1) is 15.8. The molecule has 0 spiro atoms. The van der Waals surface area contributed by atoms with E-state index < -0.39 is 10.0 Å². The molecule has 0 saturated carbocycles. The van der Waals surface area contributed by atoms with Gasteiger partial charge in [0.2, 0.25) is 15.9 Å². The maximum atomic E-state index is 13.0. The highest BCUT2D eigenvalue weighted by atomic mass is 32.2. The number of hydrogen-bond acceptors (Lipinski definition) is 4. The number of rotatable bonds is 7. The second-order valence-corrected chi connectivity index (χ2v) is 10.7. The number of carbonyl (C=O) groups is 1. The predicted molar refractivity (Wildman–Crippen MR) is 129 cm³/mol. The maximum Gasteiger partial charge on any atom is 0.243 e. The number of benzene rings is 2. The smallest absolute Gasteiger partial charge is 0.243 e. The van der Waals surface area contributed by atoms with Crippen LogP contribution in [0.15, 0.2) is 53.4 Å². The van der Waals surface area contributed by atoms with Crippen molar-refractivity contribution >= 4 is 27.0 Å². The third kappa shape index (κ3) is 4.82. The molecule has 0 radical (unpaired) electrons. The van der Waals surface area contributed by atoms with Gasteiger partial charge < -0.3 is 9.47 Å². The van der Waals surface area contributed by atoms with Gasteiger partial charge in [0.1, 0.15) is 5.82 Å². The van der Waals surface area contributed by atoms with Crippen molar-refractivity contribution in [2.45, 2.75) is 50.0 Å². The molecule has 33 heavy (non-hydrogen) atoms. The molecule has 2 aromatic carbocycles. The normalized spacial score (nSPS) is 16.1. The third-order valence-electron chi connectivity index (χ3n) is 6.72. The molecule has 1 amide bonds. The lowest BCUT2D eigenvalue weighted by Gasteiger charge is -2.25. The van der Waals surface area contributed by atoms with Gasteiger partial charge in [-0.3, -0.25) is 4.79 Å². The van der Waals surface area contributed by atoms with Crippen molar-refractivity contribution in [3.05, 3.63) is 59.9 Å². The van der Waals surface area contributed by atoms with Gasteiger partial charge >= 0.3 is 0 Å². The average molecular weight is 469 g/mol. The number of hydrogen-bond donors (Lipinski definition) is 0. The Morgan fingerprint density at radius 1 is 1.09 bits per heavy atom. The first kappa shape index (κ1) is 23.4. The summed E-state index contributed by atoms with van der Waals surface area (Å²) < 4.78 is 29.6. The molecule has 1 aromatic heterocycles. The van der Waals surface area contributed by atoms with Crippen LogP contribution < -0.4 is 0 Å². The fourth-order valence-corrected chi connectivity index (χ4v) is 5.97. The van der Waals surface area contributed by atoms with Crippen molar-refractivity contribution in [1.82, 2.24) is 18.8 Å². The topological polar surface area (TPSA) is 75.5 Å². The summed E-state index contributed by atoms with van der Waals surface area (Å²) in [4.78, 5) is 19.5. The van der Waals surface area contributed by atoms with Crippen LogP contribution in [0.4, 0.5) is 0 Å².